The third-order valence-electron chi connectivity index (χ3n) is 4.50. The number of halogens is 3. The van der Waals surface area contributed by atoms with E-state index in [1.807, 2.05) is 0 Å². The van der Waals surface area contributed by atoms with Crippen LogP contribution >= 0.6 is 11.8 Å². The van der Waals surface area contributed by atoms with Crippen molar-refractivity contribution < 1.29 is 36.2 Å². The predicted octanol–water partition coefficient (Wildman–Crippen LogP) is 5.19. The summed E-state index contributed by atoms with van der Waals surface area (Å²) < 4.78 is 66.5. The van der Waals surface area contributed by atoms with Gasteiger partial charge in [0.25, 0.3) is 5.91 Å². The molecule has 1 unspecified atom stereocenters. The van der Waals surface area contributed by atoms with E-state index >= 15 is 0 Å². The Hall–Kier alpha value is -3.25. The van der Waals surface area contributed by atoms with Gasteiger partial charge in [-0.05, 0) is 60.6 Å². The number of hydrogen-bond donors (Lipinski definition) is 2. The van der Waals surface area contributed by atoms with Crippen LogP contribution in [0.5, 0.6) is 11.6 Å². The molecule has 1 amide bonds. The number of hydrogen-bond acceptors (Lipinski definition) is 7. The van der Waals surface area contributed by atoms with Crippen LogP contribution in [0.15, 0.2) is 70.6 Å². The lowest BCUT2D eigenvalue weighted by atomic mass is 10.1. The Labute approximate surface area is 197 Å². The minimum Gasteiger partial charge on any atom is -0.507 e. The summed E-state index contributed by atoms with van der Waals surface area (Å²) in [7, 11) is -3.69. The topological polar surface area (TPSA) is 106 Å². The number of thioether (sulfide) groups is 1. The van der Waals surface area contributed by atoms with Gasteiger partial charge in [0.2, 0.25) is 5.88 Å². The van der Waals surface area contributed by atoms with Crippen molar-refractivity contribution in [2.24, 2.45) is 0 Å². The lowest BCUT2D eigenvalue weighted by Crippen LogP contribution is -2.13. The zero-order chi connectivity index (χ0) is 25.1. The van der Waals surface area contributed by atoms with Crippen molar-refractivity contribution in [2.45, 2.75) is 28.3 Å². The highest BCUT2D eigenvalue weighted by Crippen LogP contribution is 2.37. The molecule has 0 aliphatic carbocycles. The number of carbonyl (C=O) groups excluding carboxylic acids is 1. The molecule has 2 aromatic carbocycles. The van der Waals surface area contributed by atoms with E-state index in [-0.39, 0.29) is 38.7 Å². The number of pyridine rings is 1. The molecule has 180 valence electrons. The second kappa shape index (κ2) is 9.94. The molecule has 0 radical (unpaired) electrons. The number of ether oxygens (including phenoxy) is 1. The molecule has 0 aliphatic rings. The average molecular weight is 513 g/mol. The van der Waals surface area contributed by atoms with Crippen LogP contribution in [0.4, 0.5) is 18.9 Å². The number of alkyl halides is 3. The van der Waals surface area contributed by atoms with Gasteiger partial charge in [0.05, 0.1) is 5.56 Å². The lowest BCUT2D eigenvalue weighted by molar-refractivity contribution is -0.0328. The molecule has 34 heavy (non-hydrogen) atoms. The first-order valence-electron chi connectivity index (χ1n) is 9.65. The van der Waals surface area contributed by atoms with Gasteiger partial charge in [-0.3, -0.25) is 4.79 Å². The fraction of sp³-hybridized carbons (Fsp3) is 0.182. The number of nitrogens with zero attached hydrogens (tertiary/aromatic N) is 1. The summed E-state index contributed by atoms with van der Waals surface area (Å²) in [6.45, 7) is 1.71. The van der Waals surface area contributed by atoms with Crippen LogP contribution in [-0.2, 0) is 9.84 Å². The standard InChI is InChI=1S/C22H19F3N2O5S2/c1-13(14-3-7-17(8-4-14)33-22(23,24)25)32-20-10-5-15(12-26-20)21(29)27-16-6-9-18(28)19(11-16)34(2,30)31/h3-13,28H,1-2H3,(H,27,29). The van der Waals surface area contributed by atoms with Crippen molar-refractivity contribution in [1.82, 2.24) is 4.98 Å². The van der Waals surface area contributed by atoms with Crippen molar-refractivity contribution >= 4 is 33.2 Å². The summed E-state index contributed by atoms with van der Waals surface area (Å²) in [6, 6.07) is 12.3. The molecule has 3 aromatic rings. The Morgan fingerprint density at radius 3 is 2.35 bits per heavy atom. The molecule has 0 bridgehead atoms. The third-order valence-corrected chi connectivity index (χ3v) is 6.36. The summed E-state index contributed by atoms with van der Waals surface area (Å²) in [5, 5.41) is 12.2. The van der Waals surface area contributed by atoms with E-state index in [0.29, 0.717) is 5.56 Å². The van der Waals surface area contributed by atoms with E-state index in [0.717, 1.165) is 18.4 Å². The maximum absolute atomic E-state index is 12.5. The Balaban J connectivity index is 1.64. The Morgan fingerprint density at radius 2 is 1.79 bits per heavy atom. The number of benzene rings is 2. The number of amides is 1. The quantitative estimate of drug-likeness (QED) is 0.331. The Kier molecular flexibility index (Phi) is 7.41. The van der Waals surface area contributed by atoms with Crippen molar-refractivity contribution in [3.05, 3.63) is 71.9 Å². The number of aromatic hydroxyl groups is 1. The second-order valence-corrected chi connectivity index (χ2v) is 10.3. The van der Waals surface area contributed by atoms with E-state index in [4.69, 9.17) is 4.74 Å². The highest BCUT2D eigenvalue weighted by Gasteiger charge is 2.29. The third kappa shape index (κ3) is 6.87. The Bertz CT molecular complexity index is 1280. The Morgan fingerprint density at radius 1 is 1.12 bits per heavy atom. The average Bonchev–Trinajstić information content (AvgIpc) is 2.74. The SMILES string of the molecule is CC(Oc1ccc(C(=O)Nc2ccc(O)c(S(C)(=O)=O)c2)cn1)c1ccc(SC(F)(F)F)cc1. The van der Waals surface area contributed by atoms with E-state index in [1.165, 1.54) is 48.7 Å². The largest absolute Gasteiger partial charge is 0.507 e. The fourth-order valence-electron chi connectivity index (χ4n) is 2.87. The molecule has 3 rings (SSSR count). The molecule has 1 atom stereocenters. The van der Waals surface area contributed by atoms with Crippen LogP contribution < -0.4 is 10.1 Å². The minimum absolute atomic E-state index is 0.0641. The molecule has 7 nitrogen and oxygen atoms in total. The highest BCUT2D eigenvalue weighted by atomic mass is 32.2. The number of rotatable bonds is 7. The predicted molar refractivity (Wildman–Crippen MR) is 121 cm³/mol. The molecular formula is C22H19F3N2O5S2. The summed E-state index contributed by atoms with van der Waals surface area (Å²) in [4.78, 5) is 16.3. The van der Waals surface area contributed by atoms with E-state index in [1.54, 1.807) is 6.92 Å². The number of aromatic nitrogens is 1. The summed E-state index contributed by atoms with van der Waals surface area (Å²) in [5.41, 5.74) is -3.38. The van der Waals surface area contributed by atoms with E-state index in [2.05, 4.69) is 10.3 Å². The van der Waals surface area contributed by atoms with Gasteiger partial charge in [-0.25, -0.2) is 13.4 Å². The van der Waals surface area contributed by atoms with Gasteiger partial charge in [0, 0.05) is 29.1 Å². The maximum atomic E-state index is 12.5. The molecule has 0 spiro atoms. The number of nitrogens with one attached hydrogen (secondary N) is 1. The normalized spacial score (nSPS) is 12.7. The number of phenolic OH excluding ortho intramolecular Hbond substituents is 1. The minimum atomic E-state index is -4.36. The number of phenols is 1. The van der Waals surface area contributed by atoms with Crippen LogP contribution in [-0.4, -0.2) is 36.2 Å². The molecule has 0 saturated carbocycles. The van der Waals surface area contributed by atoms with E-state index < -0.39 is 33.1 Å². The number of carbonyl (C=O) groups is 1. The highest BCUT2D eigenvalue weighted by molar-refractivity contribution is 8.00. The molecule has 12 heteroatoms. The molecule has 0 saturated heterocycles. The fourth-order valence-corrected chi connectivity index (χ4v) is 4.19. The number of anilines is 1. The molecule has 1 heterocycles. The van der Waals surface area contributed by atoms with Gasteiger partial charge in [0.15, 0.2) is 9.84 Å². The molecule has 1 aromatic heterocycles. The van der Waals surface area contributed by atoms with Gasteiger partial charge in [-0.1, -0.05) is 12.1 Å². The second-order valence-electron chi connectivity index (χ2n) is 7.17. The van der Waals surface area contributed by atoms with Crippen LogP contribution in [0, 0.1) is 0 Å². The van der Waals surface area contributed by atoms with Gasteiger partial charge in [-0.15, -0.1) is 0 Å². The zero-order valence-electron chi connectivity index (χ0n) is 17.8. The summed E-state index contributed by atoms with van der Waals surface area (Å²) in [5.74, 6) is -0.789. The molecule has 0 aliphatic heterocycles. The molecule has 0 fully saturated rings. The van der Waals surface area contributed by atoms with Crippen LogP contribution in [0.25, 0.3) is 0 Å². The van der Waals surface area contributed by atoms with Gasteiger partial charge in [-0.2, -0.15) is 13.2 Å². The maximum Gasteiger partial charge on any atom is 0.446 e. The van der Waals surface area contributed by atoms with Gasteiger partial charge in [0.1, 0.15) is 16.7 Å². The van der Waals surface area contributed by atoms with Crippen molar-refractivity contribution in [2.75, 3.05) is 11.6 Å². The van der Waals surface area contributed by atoms with Crippen LogP contribution in [0.3, 0.4) is 0 Å². The van der Waals surface area contributed by atoms with Gasteiger partial charge < -0.3 is 15.2 Å². The lowest BCUT2D eigenvalue weighted by Gasteiger charge is -2.15. The van der Waals surface area contributed by atoms with Crippen molar-refractivity contribution in [1.29, 1.82) is 0 Å². The summed E-state index contributed by atoms with van der Waals surface area (Å²) >= 11 is -0.201. The first-order valence-corrected chi connectivity index (χ1v) is 12.4. The number of sulfone groups is 1. The van der Waals surface area contributed by atoms with Crippen molar-refractivity contribution in [3.63, 3.8) is 0 Å². The van der Waals surface area contributed by atoms with Crippen molar-refractivity contribution in [3.8, 4) is 11.6 Å². The van der Waals surface area contributed by atoms with Crippen LogP contribution in [0.2, 0.25) is 0 Å². The van der Waals surface area contributed by atoms with E-state index in [9.17, 15) is 31.5 Å². The monoisotopic (exact) mass is 512 g/mol. The molecule has 2 N–H and O–H groups in total. The first kappa shape index (κ1) is 25.4. The van der Waals surface area contributed by atoms with Crippen LogP contribution in [0.1, 0.15) is 28.9 Å². The van der Waals surface area contributed by atoms with Gasteiger partial charge >= 0.3 is 5.51 Å². The molecular weight excluding hydrogens is 493 g/mol. The summed E-state index contributed by atoms with van der Waals surface area (Å²) in [6.07, 6.45) is 1.69. The first-order chi connectivity index (χ1) is 15.8. The zero-order valence-corrected chi connectivity index (χ0v) is 19.5. The smallest absolute Gasteiger partial charge is 0.446 e.